The highest BCUT2D eigenvalue weighted by molar-refractivity contribution is 5.84. The van der Waals surface area contributed by atoms with Crippen LogP contribution in [0.2, 0.25) is 0 Å². The summed E-state index contributed by atoms with van der Waals surface area (Å²) >= 11 is 0. The van der Waals surface area contributed by atoms with Crippen LogP contribution >= 0.6 is 0 Å². The van der Waals surface area contributed by atoms with Crippen molar-refractivity contribution in [3.8, 4) is 0 Å². The fraction of sp³-hybridized carbons (Fsp3) is 0.769. The Morgan fingerprint density at radius 2 is 1.85 bits per heavy atom. The molecule has 3 amide bonds. The van der Waals surface area contributed by atoms with E-state index in [1.807, 2.05) is 6.92 Å². The zero-order valence-electron chi connectivity index (χ0n) is 12.6. The van der Waals surface area contributed by atoms with Crippen molar-refractivity contribution in [1.29, 1.82) is 0 Å². The monoisotopic (exact) mass is 287 g/mol. The summed E-state index contributed by atoms with van der Waals surface area (Å²) in [5, 5.41) is 16.4. The fourth-order valence-corrected chi connectivity index (χ4v) is 1.59. The Morgan fingerprint density at radius 3 is 2.30 bits per heavy atom. The molecule has 0 aliphatic carbocycles. The molecule has 0 saturated heterocycles. The Hall–Kier alpha value is -1.79. The lowest BCUT2D eigenvalue weighted by atomic mass is 9.92. The number of hydrogen-bond acceptors (Lipinski definition) is 3. The zero-order chi connectivity index (χ0) is 15.8. The van der Waals surface area contributed by atoms with E-state index in [0.29, 0.717) is 6.42 Å². The van der Waals surface area contributed by atoms with Crippen molar-refractivity contribution >= 4 is 17.9 Å². The molecule has 4 N–H and O–H groups in total. The number of unbranched alkanes of at least 4 members (excludes halogenated alkanes) is 1. The van der Waals surface area contributed by atoms with E-state index >= 15 is 0 Å². The lowest BCUT2D eigenvalue weighted by molar-refractivity contribution is -0.139. The third kappa shape index (κ3) is 6.40. The molecule has 0 heterocycles. The van der Waals surface area contributed by atoms with Gasteiger partial charge in [-0.05, 0) is 20.3 Å². The van der Waals surface area contributed by atoms with Gasteiger partial charge in [-0.3, -0.25) is 4.79 Å². The van der Waals surface area contributed by atoms with Gasteiger partial charge in [0.05, 0.1) is 5.41 Å². The van der Waals surface area contributed by atoms with Crippen LogP contribution in [0.3, 0.4) is 0 Å². The smallest absolute Gasteiger partial charge is 0.326 e. The summed E-state index contributed by atoms with van der Waals surface area (Å²) in [7, 11) is 1.52. The second kappa shape index (κ2) is 8.39. The molecular formula is C13H25N3O4. The first-order valence-corrected chi connectivity index (χ1v) is 6.74. The third-order valence-electron chi connectivity index (χ3n) is 2.98. The molecule has 0 unspecified atom stereocenters. The molecule has 0 aromatic rings. The number of carbonyl (C=O) groups excluding carboxylic acids is 2. The first-order valence-electron chi connectivity index (χ1n) is 6.74. The van der Waals surface area contributed by atoms with E-state index in [2.05, 4.69) is 16.0 Å². The fourth-order valence-electron chi connectivity index (χ4n) is 1.59. The van der Waals surface area contributed by atoms with Gasteiger partial charge >= 0.3 is 12.0 Å². The van der Waals surface area contributed by atoms with Crippen molar-refractivity contribution in [2.45, 2.75) is 46.1 Å². The van der Waals surface area contributed by atoms with Gasteiger partial charge in [0.15, 0.2) is 0 Å². The molecule has 20 heavy (non-hydrogen) atoms. The van der Waals surface area contributed by atoms with E-state index in [0.717, 1.165) is 12.8 Å². The summed E-state index contributed by atoms with van der Waals surface area (Å²) in [6, 6.07) is -1.48. The van der Waals surface area contributed by atoms with Gasteiger partial charge in [0.25, 0.3) is 0 Å². The minimum atomic E-state index is -1.06. The van der Waals surface area contributed by atoms with Crippen molar-refractivity contribution in [2.75, 3.05) is 13.6 Å². The third-order valence-corrected chi connectivity index (χ3v) is 2.98. The van der Waals surface area contributed by atoms with Crippen LogP contribution in [0.4, 0.5) is 4.79 Å². The number of aliphatic carboxylic acids is 1. The Balaban J connectivity index is 4.33. The van der Waals surface area contributed by atoms with Crippen LogP contribution in [-0.2, 0) is 9.59 Å². The number of amides is 3. The Labute approximate surface area is 119 Å². The number of urea groups is 1. The van der Waals surface area contributed by atoms with Crippen LogP contribution in [0.15, 0.2) is 0 Å². The highest BCUT2D eigenvalue weighted by Gasteiger charge is 2.27. The maximum atomic E-state index is 11.7. The van der Waals surface area contributed by atoms with Crippen molar-refractivity contribution in [3.05, 3.63) is 0 Å². The first kappa shape index (κ1) is 18.2. The number of nitrogens with one attached hydrogen (secondary N) is 3. The molecular weight excluding hydrogens is 262 g/mol. The quantitative estimate of drug-likeness (QED) is 0.527. The van der Waals surface area contributed by atoms with E-state index in [-0.39, 0.29) is 12.5 Å². The standard InChI is InChI=1S/C13H25N3O4/c1-5-6-7-9(10(17)18)16-12(20)15-8-13(2,3)11(19)14-4/h9H,5-8H2,1-4H3,(H,14,19)(H,17,18)(H2,15,16,20)/t9-/m0/s1. The largest absolute Gasteiger partial charge is 0.480 e. The molecule has 0 rings (SSSR count). The van der Waals surface area contributed by atoms with Crippen molar-refractivity contribution < 1.29 is 19.5 Å². The van der Waals surface area contributed by atoms with E-state index < -0.39 is 23.5 Å². The molecule has 1 atom stereocenters. The van der Waals surface area contributed by atoms with Gasteiger partial charge in [-0.2, -0.15) is 0 Å². The Kier molecular flexibility index (Phi) is 7.64. The number of carboxylic acid groups (broad SMARTS) is 1. The van der Waals surface area contributed by atoms with Crippen LogP contribution in [0.5, 0.6) is 0 Å². The maximum absolute atomic E-state index is 11.7. The summed E-state index contributed by atoms with van der Waals surface area (Å²) in [6.07, 6.45) is 1.97. The number of carbonyl (C=O) groups is 3. The normalized spacial score (nSPS) is 12.4. The SMILES string of the molecule is CCCC[C@H](NC(=O)NCC(C)(C)C(=O)NC)C(=O)O. The molecule has 0 bridgehead atoms. The van der Waals surface area contributed by atoms with E-state index in [4.69, 9.17) is 5.11 Å². The summed E-state index contributed by atoms with van der Waals surface area (Å²) in [4.78, 5) is 34.2. The summed E-state index contributed by atoms with van der Waals surface area (Å²) in [5.74, 6) is -1.25. The Bertz CT molecular complexity index is 356. The van der Waals surface area contributed by atoms with Crippen LogP contribution in [0, 0.1) is 5.41 Å². The highest BCUT2D eigenvalue weighted by atomic mass is 16.4. The molecule has 0 spiro atoms. The molecule has 0 aliphatic heterocycles. The van der Waals surface area contributed by atoms with Gasteiger partial charge < -0.3 is 21.1 Å². The average Bonchev–Trinajstić information content (AvgIpc) is 2.39. The van der Waals surface area contributed by atoms with Gasteiger partial charge in [0.1, 0.15) is 6.04 Å². The predicted octanol–water partition coefficient (Wildman–Crippen LogP) is 0.701. The molecule has 0 aromatic carbocycles. The first-order chi connectivity index (χ1) is 9.24. The minimum Gasteiger partial charge on any atom is -0.480 e. The molecule has 0 radical (unpaired) electrons. The minimum absolute atomic E-state index is 0.124. The molecule has 0 aromatic heterocycles. The highest BCUT2D eigenvalue weighted by Crippen LogP contribution is 2.12. The summed E-state index contributed by atoms with van der Waals surface area (Å²) in [5.41, 5.74) is -0.756. The number of hydrogen-bond donors (Lipinski definition) is 4. The Morgan fingerprint density at radius 1 is 1.25 bits per heavy atom. The molecule has 116 valence electrons. The zero-order valence-corrected chi connectivity index (χ0v) is 12.6. The van der Waals surface area contributed by atoms with E-state index in [9.17, 15) is 14.4 Å². The van der Waals surface area contributed by atoms with Crippen molar-refractivity contribution in [1.82, 2.24) is 16.0 Å². The van der Waals surface area contributed by atoms with Gasteiger partial charge in [-0.25, -0.2) is 9.59 Å². The van der Waals surface area contributed by atoms with Gasteiger partial charge in [0, 0.05) is 13.6 Å². The van der Waals surface area contributed by atoms with Crippen LogP contribution in [0.25, 0.3) is 0 Å². The van der Waals surface area contributed by atoms with Crippen LogP contribution < -0.4 is 16.0 Å². The second-order valence-corrected chi connectivity index (χ2v) is 5.32. The van der Waals surface area contributed by atoms with Gasteiger partial charge in [-0.15, -0.1) is 0 Å². The number of carboxylic acids is 1. The van der Waals surface area contributed by atoms with Crippen LogP contribution in [0.1, 0.15) is 40.0 Å². The van der Waals surface area contributed by atoms with Crippen molar-refractivity contribution in [2.24, 2.45) is 5.41 Å². The summed E-state index contributed by atoms with van der Waals surface area (Å²) in [6.45, 7) is 5.46. The van der Waals surface area contributed by atoms with E-state index in [1.165, 1.54) is 7.05 Å². The maximum Gasteiger partial charge on any atom is 0.326 e. The lowest BCUT2D eigenvalue weighted by Gasteiger charge is -2.23. The van der Waals surface area contributed by atoms with Crippen LogP contribution in [-0.4, -0.2) is 42.6 Å². The van der Waals surface area contributed by atoms with Crippen molar-refractivity contribution in [3.63, 3.8) is 0 Å². The second-order valence-electron chi connectivity index (χ2n) is 5.32. The molecule has 0 fully saturated rings. The average molecular weight is 287 g/mol. The van der Waals surface area contributed by atoms with Gasteiger partial charge in [0.2, 0.25) is 5.91 Å². The molecule has 7 heteroatoms. The molecule has 7 nitrogen and oxygen atoms in total. The predicted molar refractivity (Wildman–Crippen MR) is 75.3 cm³/mol. The number of rotatable bonds is 8. The lowest BCUT2D eigenvalue weighted by Crippen LogP contribution is -2.50. The molecule has 0 aliphatic rings. The summed E-state index contributed by atoms with van der Waals surface area (Å²) < 4.78 is 0. The molecule has 0 saturated carbocycles. The topological polar surface area (TPSA) is 108 Å². The van der Waals surface area contributed by atoms with E-state index in [1.54, 1.807) is 13.8 Å². The van der Waals surface area contributed by atoms with Gasteiger partial charge in [-0.1, -0.05) is 19.8 Å².